The van der Waals surface area contributed by atoms with Crippen LogP contribution in [-0.4, -0.2) is 23.2 Å². The zero-order valence-electron chi connectivity index (χ0n) is 11.1. The third-order valence-electron chi connectivity index (χ3n) is 3.76. The van der Waals surface area contributed by atoms with Crippen LogP contribution in [0.25, 0.3) is 0 Å². The SMILES string of the molecule is CC(c1nc(Cc2ccc(Cl)cc2Cl)no1)C1CNC1. The molecule has 1 aromatic heterocycles. The Morgan fingerprint density at radius 1 is 1.40 bits per heavy atom. The Labute approximate surface area is 127 Å². The van der Waals surface area contributed by atoms with E-state index < -0.39 is 0 Å². The zero-order chi connectivity index (χ0) is 14.1. The fourth-order valence-corrected chi connectivity index (χ4v) is 2.70. The van der Waals surface area contributed by atoms with Gasteiger partial charge in [0.1, 0.15) is 0 Å². The smallest absolute Gasteiger partial charge is 0.229 e. The summed E-state index contributed by atoms with van der Waals surface area (Å²) < 4.78 is 5.36. The maximum absolute atomic E-state index is 6.15. The number of hydrogen-bond acceptors (Lipinski definition) is 4. The molecule has 6 heteroatoms. The predicted molar refractivity (Wildman–Crippen MR) is 78.3 cm³/mol. The molecule has 2 heterocycles. The highest BCUT2D eigenvalue weighted by Crippen LogP contribution is 2.27. The Hall–Kier alpha value is -1.10. The van der Waals surface area contributed by atoms with Gasteiger partial charge in [-0.3, -0.25) is 0 Å². The van der Waals surface area contributed by atoms with E-state index in [9.17, 15) is 0 Å². The number of rotatable bonds is 4. The van der Waals surface area contributed by atoms with Gasteiger partial charge in [0.2, 0.25) is 5.89 Å². The summed E-state index contributed by atoms with van der Waals surface area (Å²) in [5, 5.41) is 8.54. The first-order valence-corrected chi connectivity index (χ1v) is 7.36. The summed E-state index contributed by atoms with van der Waals surface area (Å²) in [6, 6.07) is 5.43. The monoisotopic (exact) mass is 311 g/mol. The largest absolute Gasteiger partial charge is 0.339 e. The quantitative estimate of drug-likeness (QED) is 0.941. The van der Waals surface area contributed by atoms with E-state index >= 15 is 0 Å². The van der Waals surface area contributed by atoms with Gasteiger partial charge in [0.15, 0.2) is 5.82 Å². The van der Waals surface area contributed by atoms with E-state index in [0.717, 1.165) is 18.7 Å². The van der Waals surface area contributed by atoms with Gasteiger partial charge in [-0.05, 0) is 36.7 Å². The minimum Gasteiger partial charge on any atom is -0.339 e. The summed E-state index contributed by atoms with van der Waals surface area (Å²) in [5.41, 5.74) is 0.946. The van der Waals surface area contributed by atoms with E-state index in [1.807, 2.05) is 12.1 Å². The Bertz CT molecular complexity index is 610. The summed E-state index contributed by atoms with van der Waals surface area (Å²) >= 11 is 12.0. The van der Waals surface area contributed by atoms with Crippen LogP contribution in [0.3, 0.4) is 0 Å². The molecule has 3 rings (SSSR count). The highest BCUT2D eigenvalue weighted by molar-refractivity contribution is 6.35. The summed E-state index contributed by atoms with van der Waals surface area (Å²) in [4.78, 5) is 4.47. The van der Waals surface area contributed by atoms with E-state index in [1.165, 1.54) is 0 Å². The molecule has 106 valence electrons. The molecule has 1 unspecified atom stereocenters. The molecule has 1 aliphatic rings. The minimum absolute atomic E-state index is 0.290. The van der Waals surface area contributed by atoms with E-state index in [-0.39, 0.29) is 5.92 Å². The summed E-state index contributed by atoms with van der Waals surface area (Å²) in [5.74, 6) is 2.24. The fraction of sp³-hybridized carbons (Fsp3) is 0.429. The lowest BCUT2D eigenvalue weighted by Gasteiger charge is -2.30. The molecule has 1 saturated heterocycles. The second-order valence-electron chi connectivity index (χ2n) is 5.17. The van der Waals surface area contributed by atoms with Gasteiger partial charge in [0, 0.05) is 22.4 Å². The molecular formula is C14H15Cl2N3O. The van der Waals surface area contributed by atoms with E-state index in [2.05, 4.69) is 22.4 Å². The highest BCUT2D eigenvalue weighted by Gasteiger charge is 2.28. The normalized spacial score (nSPS) is 16.9. The molecule has 0 radical (unpaired) electrons. The van der Waals surface area contributed by atoms with Crippen LogP contribution in [-0.2, 0) is 6.42 Å². The molecule has 0 bridgehead atoms. The zero-order valence-corrected chi connectivity index (χ0v) is 12.6. The van der Waals surface area contributed by atoms with Gasteiger partial charge in [-0.15, -0.1) is 0 Å². The second-order valence-corrected chi connectivity index (χ2v) is 6.01. The average Bonchev–Trinajstić information content (AvgIpc) is 2.79. The van der Waals surface area contributed by atoms with Crippen LogP contribution < -0.4 is 5.32 Å². The van der Waals surface area contributed by atoms with Crippen LogP contribution in [0.15, 0.2) is 22.7 Å². The predicted octanol–water partition coefficient (Wildman–Crippen LogP) is 3.29. The van der Waals surface area contributed by atoms with Crippen molar-refractivity contribution in [3.63, 3.8) is 0 Å². The summed E-state index contributed by atoms with van der Waals surface area (Å²) in [7, 11) is 0. The molecule has 0 saturated carbocycles. The number of halogens is 2. The van der Waals surface area contributed by atoms with Gasteiger partial charge >= 0.3 is 0 Å². The molecule has 2 aromatic rings. The summed E-state index contributed by atoms with van der Waals surface area (Å²) in [6.45, 7) is 4.15. The molecule has 1 atom stereocenters. The molecule has 1 aliphatic heterocycles. The van der Waals surface area contributed by atoms with Crippen LogP contribution in [0.4, 0.5) is 0 Å². The summed E-state index contributed by atoms with van der Waals surface area (Å²) in [6.07, 6.45) is 0.551. The lowest BCUT2D eigenvalue weighted by molar-refractivity contribution is 0.252. The number of hydrogen-bond donors (Lipinski definition) is 1. The molecule has 1 aromatic carbocycles. The van der Waals surface area contributed by atoms with Crippen LogP contribution in [0.5, 0.6) is 0 Å². The van der Waals surface area contributed by atoms with Crippen molar-refractivity contribution in [1.82, 2.24) is 15.5 Å². The van der Waals surface area contributed by atoms with Crippen molar-refractivity contribution in [2.24, 2.45) is 5.92 Å². The van der Waals surface area contributed by atoms with Crippen molar-refractivity contribution in [3.05, 3.63) is 45.5 Å². The third kappa shape index (κ3) is 2.82. The number of benzene rings is 1. The van der Waals surface area contributed by atoms with Gasteiger partial charge in [-0.2, -0.15) is 4.98 Å². The molecule has 0 aliphatic carbocycles. The maximum atomic E-state index is 6.15. The van der Waals surface area contributed by atoms with Crippen molar-refractivity contribution in [2.75, 3.05) is 13.1 Å². The van der Waals surface area contributed by atoms with Crippen LogP contribution in [0.2, 0.25) is 10.0 Å². The lowest BCUT2D eigenvalue weighted by Crippen LogP contribution is -2.44. The Kier molecular flexibility index (Phi) is 3.96. The van der Waals surface area contributed by atoms with E-state index in [4.69, 9.17) is 27.7 Å². The Balaban J connectivity index is 1.73. The van der Waals surface area contributed by atoms with E-state index in [1.54, 1.807) is 6.07 Å². The second kappa shape index (κ2) is 5.72. The van der Waals surface area contributed by atoms with Gasteiger partial charge in [0.25, 0.3) is 0 Å². The molecular weight excluding hydrogens is 297 g/mol. The Morgan fingerprint density at radius 3 is 2.85 bits per heavy atom. The number of aromatic nitrogens is 2. The topological polar surface area (TPSA) is 51.0 Å². The van der Waals surface area contributed by atoms with Gasteiger partial charge in [-0.25, -0.2) is 0 Å². The third-order valence-corrected chi connectivity index (χ3v) is 4.34. The molecule has 1 fully saturated rings. The van der Waals surface area contributed by atoms with Crippen LogP contribution in [0.1, 0.15) is 30.1 Å². The average molecular weight is 312 g/mol. The van der Waals surface area contributed by atoms with Crippen molar-refractivity contribution >= 4 is 23.2 Å². The van der Waals surface area contributed by atoms with Gasteiger partial charge in [-0.1, -0.05) is 41.3 Å². The Morgan fingerprint density at radius 2 is 2.20 bits per heavy atom. The van der Waals surface area contributed by atoms with Crippen LogP contribution in [0, 0.1) is 5.92 Å². The number of nitrogens with one attached hydrogen (secondary N) is 1. The first-order valence-electron chi connectivity index (χ1n) is 6.60. The van der Waals surface area contributed by atoms with Gasteiger partial charge < -0.3 is 9.84 Å². The van der Waals surface area contributed by atoms with Gasteiger partial charge in [0.05, 0.1) is 0 Å². The van der Waals surface area contributed by atoms with E-state index in [0.29, 0.717) is 34.1 Å². The fourth-order valence-electron chi connectivity index (χ4n) is 2.23. The molecule has 4 nitrogen and oxygen atoms in total. The molecule has 20 heavy (non-hydrogen) atoms. The lowest BCUT2D eigenvalue weighted by atomic mass is 9.89. The molecule has 0 spiro atoms. The highest BCUT2D eigenvalue weighted by atomic mass is 35.5. The number of nitrogens with zero attached hydrogens (tertiary/aromatic N) is 2. The molecule has 0 amide bonds. The maximum Gasteiger partial charge on any atom is 0.229 e. The standard InChI is InChI=1S/C14H15Cl2N3O/c1-8(10-6-17-7-10)14-18-13(19-20-14)4-9-2-3-11(15)5-12(9)16/h2-3,5,8,10,17H,4,6-7H2,1H3. The first-order chi connectivity index (χ1) is 9.63. The molecule has 1 N–H and O–H groups in total. The van der Waals surface area contributed by atoms with Crippen molar-refractivity contribution in [1.29, 1.82) is 0 Å². The van der Waals surface area contributed by atoms with Crippen molar-refractivity contribution in [2.45, 2.75) is 19.3 Å². The first kappa shape index (κ1) is 13.9. The van der Waals surface area contributed by atoms with Crippen molar-refractivity contribution in [3.8, 4) is 0 Å². The van der Waals surface area contributed by atoms with Crippen LogP contribution >= 0.6 is 23.2 Å². The van der Waals surface area contributed by atoms with Crippen molar-refractivity contribution < 1.29 is 4.52 Å². The minimum atomic E-state index is 0.290.